The van der Waals surface area contributed by atoms with E-state index in [-0.39, 0.29) is 30.5 Å². The molecule has 2 aliphatic rings. The number of nitrogens with zero attached hydrogens (tertiary/aromatic N) is 2. The van der Waals surface area contributed by atoms with Crippen molar-refractivity contribution in [1.29, 1.82) is 0 Å². The molecule has 0 saturated carbocycles. The van der Waals surface area contributed by atoms with E-state index in [0.29, 0.717) is 13.1 Å². The number of amides is 2. The van der Waals surface area contributed by atoms with E-state index in [4.69, 9.17) is 0 Å². The summed E-state index contributed by atoms with van der Waals surface area (Å²) in [6, 6.07) is 6.49. The second-order valence-corrected chi connectivity index (χ2v) is 6.39. The van der Waals surface area contributed by atoms with Crippen LogP contribution in [0.2, 0.25) is 0 Å². The first-order valence-electron chi connectivity index (χ1n) is 8.36. The van der Waals surface area contributed by atoms with Crippen molar-refractivity contribution in [2.75, 3.05) is 31.1 Å². The third kappa shape index (κ3) is 3.75. The number of halogens is 1. The number of hydrogen-bond donors (Lipinski definition) is 2. The van der Waals surface area contributed by atoms with Crippen molar-refractivity contribution >= 4 is 11.7 Å². The van der Waals surface area contributed by atoms with Crippen LogP contribution in [0.1, 0.15) is 25.7 Å². The van der Waals surface area contributed by atoms with Gasteiger partial charge in [0.1, 0.15) is 5.82 Å². The number of hydrogen-bond acceptors (Lipinski definition) is 3. The minimum absolute atomic E-state index is 0.0213. The van der Waals surface area contributed by atoms with E-state index in [2.05, 4.69) is 10.2 Å². The number of aliphatic hydroxyl groups excluding tert-OH is 1. The molecule has 2 amide bonds. The monoisotopic (exact) mass is 321 g/mol. The van der Waals surface area contributed by atoms with E-state index >= 15 is 0 Å². The summed E-state index contributed by atoms with van der Waals surface area (Å²) in [5.74, 6) is -0.239. The molecule has 126 valence electrons. The molecular formula is C17H24FN3O2. The Balaban J connectivity index is 1.59. The van der Waals surface area contributed by atoms with Crippen molar-refractivity contribution in [1.82, 2.24) is 10.2 Å². The van der Waals surface area contributed by atoms with Crippen LogP contribution in [0.3, 0.4) is 0 Å². The molecule has 2 atom stereocenters. The van der Waals surface area contributed by atoms with Gasteiger partial charge in [-0.2, -0.15) is 0 Å². The summed E-state index contributed by atoms with van der Waals surface area (Å²) in [6.45, 7) is 2.29. The maximum Gasteiger partial charge on any atom is 0.318 e. The molecule has 0 radical (unpaired) electrons. The van der Waals surface area contributed by atoms with Crippen molar-refractivity contribution in [2.45, 2.75) is 37.8 Å². The molecule has 0 aromatic heterocycles. The Hall–Kier alpha value is -1.82. The number of carbonyl (C=O) groups excluding carboxylic acids is 1. The van der Waals surface area contributed by atoms with Crippen LogP contribution < -0.4 is 10.2 Å². The van der Waals surface area contributed by atoms with Crippen molar-refractivity contribution in [2.24, 2.45) is 0 Å². The minimum atomic E-state index is -0.239. The summed E-state index contributed by atoms with van der Waals surface area (Å²) in [7, 11) is 0. The van der Waals surface area contributed by atoms with Gasteiger partial charge in [0.05, 0.1) is 12.6 Å². The van der Waals surface area contributed by atoms with E-state index < -0.39 is 0 Å². The Morgan fingerprint density at radius 3 is 2.91 bits per heavy atom. The standard InChI is InChI=1S/C17H24FN3O2/c18-13-4-1-6-15(10-13)20-8-2-5-14(11-20)19-17(23)21-9-3-7-16(21)12-22/h1,4,6,10,14,16,22H,2-3,5,7-9,11-12H2,(H,19,23). The smallest absolute Gasteiger partial charge is 0.318 e. The maximum absolute atomic E-state index is 13.4. The Morgan fingerprint density at radius 2 is 2.13 bits per heavy atom. The number of likely N-dealkylation sites (tertiary alicyclic amines) is 1. The summed E-state index contributed by atoms with van der Waals surface area (Å²) >= 11 is 0. The molecular weight excluding hydrogens is 297 g/mol. The summed E-state index contributed by atoms with van der Waals surface area (Å²) in [4.78, 5) is 16.3. The lowest BCUT2D eigenvalue weighted by Crippen LogP contribution is -2.53. The van der Waals surface area contributed by atoms with E-state index in [0.717, 1.165) is 37.9 Å². The van der Waals surface area contributed by atoms with Crippen LogP contribution in [0, 0.1) is 5.82 Å². The van der Waals surface area contributed by atoms with E-state index in [1.807, 2.05) is 6.07 Å². The number of nitrogens with one attached hydrogen (secondary N) is 1. The molecule has 2 saturated heterocycles. The zero-order valence-electron chi connectivity index (χ0n) is 13.2. The molecule has 5 nitrogen and oxygen atoms in total. The highest BCUT2D eigenvalue weighted by atomic mass is 19.1. The highest BCUT2D eigenvalue weighted by Gasteiger charge is 2.30. The maximum atomic E-state index is 13.4. The largest absolute Gasteiger partial charge is 0.394 e. The number of aliphatic hydroxyl groups is 1. The van der Waals surface area contributed by atoms with Gasteiger partial charge in [-0.15, -0.1) is 0 Å². The van der Waals surface area contributed by atoms with Crippen LogP contribution in [-0.2, 0) is 0 Å². The van der Waals surface area contributed by atoms with Crippen molar-refractivity contribution in [3.63, 3.8) is 0 Å². The van der Waals surface area contributed by atoms with Crippen molar-refractivity contribution in [3.05, 3.63) is 30.1 Å². The van der Waals surface area contributed by atoms with Crippen LogP contribution in [0.25, 0.3) is 0 Å². The van der Waals surface area contributed by atoms with Crippen molar-refractivity contribution < 1.29 is 14.3 Å². The summed E-state index contributed by atoms with van der Waals surface area (Å²) in [6.07, 6.45) is 3.70. The lowest BCUT2D eigenvalue weighted by Gasteiger charge is -2.36. The second-order valence-electron chi connectivity index (χ2n) is 6.39. The molecule has 23 heavy (non-hydrogen) atoms. The highest BCUT2D eigenvalue weighted by Crippen LogP contribution is 2.22. The second kappa shape index (κ2) is 7.17. The van der Waals surface area contributed by atoms with Gasteiger partial charge in [-0.05, 0) is 43.9 Å². The molecule has 1 aromatic carbocycles. The number of urea groups is 1. The van der Waals surface area contributed by atoms with Gasteiger partial charge in [-0.1, -0.05) is 6.07 Å². The third-order valence-corrected chi connectivity index (χ3v) is 4.77. The van der Waals surface area contributed by atoms with E-state index in [1.54, 1.807) is 11.0 Å². The van der Waals surface area contributed by atoms with Crippen LogP contribution in [-0.4, -0.2) is 54.4 Å². The Labute approximate surface area is 136 Å². The molecule has 2 heterocycles. The van der Waals surface area contributed by atoms with Gasteiger partial charge in [0, 0.05) is 31.4 Å². The average molecular weight is 321 g/mol. The first-order chi connectivity index (χ1) is 11.2. The van der Waals surface area contributed by atoms with Gasteiger partial charge in [0.25, 0.3) is 0 Å². The average Bonchev–Trinajstić information content (AvgIpc) is 3.04. The molecule has 2 N–H and O–H groups in total. The normalized spacial score (nSPS) is 24.8. The molecule has 2 unspecified atom stereocenters. The summed E-state index contributed by atoms with van der Waals surface area (Å²) in [5.41, 5.74) is 0.860. The number of carbonyl (C=O) groups is 1. The zero-order valence-corrected chi connectivity index (χ0v) is 13.2. The SMILES string of the molecule is O=C(NC1CCCN(c2cccc(F)c2)C1)N1CCCC1CO. The molecule has 1 aromatic rings. The lowest BCUT2D eigenvalue weighted by molar-refractivity contribution is 0.153. The topological polar surface area (TPSA) is 55.8 Å². The van der Waals surface area contributed by atoms with Crippen LogP contribution in [0.15, 0.2) is 24.3 Å². The molecule has 2 aliphatic heterocycles. The lowest BCUT2D eigenvalue weighted by atomic mass is 10.0. The van der Waals surface area contributed by atoms with Gasteiger partial charge < -0.3 is 20.2 Å². The predicted octanol–water partition coefficient (Wildman–Crippen LogP) is 1.96. The van der Waals surface area contributed by atoms with Gasteiger partial charge >= 0.3 is 6.03 Å². The fourth-order valence-corrected chi connectivity index (χ4v) is 3.55. The zero-order chi connectivity index (χ0) is 16.2. The van der Waals surface area contributed by atoms with Crippen molar-refractivity contribution in [3.8, 4) is 0 Å². The molecule has 6 heteroatoms. The van der Waals surface area contributed by atoms with Gasteiger partial charge in [-0.3, -0.25) is 0 Å². The van der Waals surface area contributed by atoms with Crippen LogP contribution in [0.5, 0.6) is 0 Å². The van der Waals surface area contributed by atoms with Gasteiger partial charge in [0.2, 0.25) is 0 Å². The number of benzene rings is 1. The first-order valence-corrected chi connectivity index (χ1v) is 8.36. The number of anilines is 1. The molecule has 3 rings (SSSR count). The highest BCUT2D eigenvalue weighted by molar-refractivity contribution is 5.75. The fourth-order valence-electron chi connectivity index (χ4n) is 3.55. The number of rotatable bonds is 3. The van der Waals surface area contributed by atoms with E-state index in [1.165, 1.54) is 12.1 Å². The molecule has 0 spiro atoms. The quantitative estimate of drug-likeness (QED) is 0.895. The van der Waals surface area contributed by atoms with Crippen LogP contribution >= 0.6 is 0 Å². The third-order valence-electron chi connectivity index (χ3n) is 4.77. The molecule has 0 aliphatic carbocycles. The minimum Gasteiger partial charge on any atom is -0.394 e. The first kappa shape index (κ1) is 16.1. The molecule has 2 fully saturated rings. The fraction of sp³-hybridized carbons (Fsp3) is 0.588. The Kier molecular flexibility index (Phi) is 5.00. The predicted molar refractivity (Wildman–Crippen MR) is 87.0 cm³/mol. The summed E-state index contributed by atoms with van der Waals surface area (Å²) in [5, 5.41) is 12.4. The van der Waals surface area contributed by atoms with E-state index in [9.17, 15) is 14.3 Å². The Bertz CT molecular complexity index is 554. The Morgan fingerprint density at radius 1 is 1.30 bits per heavy atom. The molecule has 0 bridgehead atoms. The van der Waals surface area contributed by atoms with Gasteiger partial charge in [0.15, 0.2) is 0 Å². The van der Waals surface area contributed by atoms with Crippen LogP contribution in [0.4, 0.5) is 14.9 Å². The summed E-state index contributed by atoms with van der Waals surface area (Å²) < 4.78 is 13.4. The number of piperidine rings is 1. The van der Waals surface area contributed by atoms with Gasteiger partial charge in [-0.25, -0.2) is 9.18 Å².